The molecule has 1 aromatic heterocycles. The van der Waals surface area contributed by atoms with Crippen LogP contribution in [0.15, 0.2) is 35.1 Å². The summed E-state index contributed by atoms with van der Waals surface area (Å²) >= 11 is 0. The molecule has 21 heavy (non-hydrogen) atoms. The molecule has 2 aromatic rings. The van der Waals surface area contributed by atoms with Crippen molar-refractivity contribution in [1.29, 1.82) is 0 Å². The van der Waals surface area contributed by atoms with Crippen LogP contribution in [0.2, 0.25) is 0 Å². The fourth-order valence-electron chi connectivity index (χ4n) is 2.88. The van der Waals surface area contributed by atoms with Crippen molar-refractivity contribution in [2.24, 2.45) is 7.05 Å². The van der Waals surface area contributed by atoms with E-state index < -0.39 is 5.54 Å². The van der Waals surface area contributed by atoms with Crippen LogP contribution >= 0.6 is 0 Å². The molecule has 0 radical (unpaired) electrons. The molecule has 2 N–H and O–H groups in total. The number of aryl methyl sites for hydroxylation is 1. The second-order valence-corrected chi connectivity index (χ2v) is 5.65. The third-order valence-corrected chi connectivity index (χ3v) is 4.31. The molecule has 0 atom stereocenters. The van der Waals surface area contributed by atoms with Crippen LogP contribution < -0.4 is 10.9 Å². The molecule has 0 aliphatic carbocycles. The van der Waals surface area contributed by atoms with E-state index in [2.05, 4.69) is 5.32 Å². The summed E-state index contributed by atoms with van der Waals surface area (Å²) in [5, 5.41) is 14.2. The van der Waals surface area contributed by atoms with Gasteiger partial charge in [-0.05, 0) is 18.9 Å². The summed E-state index contributed by atoms with van der Waals surface area (Å²) < 4.78 is 7.01. The first-order valence-corrected chi connectivity index (χ1v) is 7.21. The highest BCUT2D eigenvalue weighted by Crippen LogP contribution is 2.29. The Bertz CT molecular complexity index is 702. The minimum absolute atomic E-state index is 0.0277. The Balaban J connectivity index is 2.08. The van der Waals surface area contributed by atoms with Crippen molar-refractivity contribution in [1.82, 2.24) is 4.57 Å². The van der Waals surface area contributed by atoms with Gasteiger partial charge in [-0.15, -0.1) is 0 Å². The van der Waals surface area contributed by atoms with Gasteiger partial charge in [-0.2, -0.15) is 0 Å². The zero-order chi connectivity index (χ0) is 14.9. The first-order chi connectivity index (χ1) is 10.2. The van der Waals surface area contributed by atoms with Crippen LogP contribution in [-0.4, -0.2) is 35.0 Å². The van der Waals surface area contributed by atoms with Crippen LogP contribution in [0, 0.1) is 0 Å². The van der Waals surface area contributed by atoms with Crippen molar-refractivity contribution in [2.75, 3.05) is 25.1 Å². The monoisotopic (exact) mass is 288 g/mol. The van der Waals surface area contributed by atoms with E-state index in [-0.39, 0.29) is 12.2 Å². The molecule has 2 heterocycles. The fourth-order valence-corrected chi connectivity index (χ4v) is 2.88. The van der Waals surface area contributed by atoms with Crippen LogP contribution in [0.4, 0.5) is 5.69 Å². The minimum atomic E-state index is -0.409. The summed E-state index contributed by atoms with van der Waals surface area (Å²) in [6, 6.07) is 9.39. The molecule has 1 aliphatic heterocycles. The molecule has 1 aromatic carbocycles. The lowest BCUT2D eigenvalue weighted by atomic mass is 9.90. The number of nitrogens with zero attached hydrogens (tertiary/aromatic N) is 1. The molecule has 1 fully saturated rings. The molecule has 5 nitrogen and oxygen atoms in total. The molecule has 3 rings (SSSR count). The molecule has 0 amide bonds. The number of pyridine rings is 1. The number of hydrogen-bond donors (Lipinski definition) is 2. The summed E-state index contributed by atoms with van der Waals surface area (Å²) in [6.07, 6.45) is 1.46. The Hall–Kier alpha value is -1.85. The van der Waals surface area contributed by atoms with Gasteiger partial charge in [0.1, 0.15) is 0 Å². The van der Waals surface area contributed by atoms with Gasteiger partial charge >= 0.3 is 0 Å². The average molecular weight is 288 g/mol. The molecule has 5 heteroatoms. The number of aliphatic hydroxyl groups is 1. The lowest BCUT2D eigenvalue weighted by Gasteiger charge is -2.37. The predicted molar refractivity (Wildman–Crippen MR) is 82.7 cm³/mol. The molecule has 1 saturated heterocycles. The molecule has 0 spiro atoms. The van der Waals surface area contributed by atoms with Crippen LogP contribution in [0.25, 0.3) is 10.9 Å². The second-order valence-electron chi connectivity index (χ2n) is 5.65. The largest absolute Gasteiger partial charge is 0.394 e. The molecule has 0 unspecified atom stereocenters. The number of para-hydroxylation sites is 1. The Kier molecular flexibility index (Phi) is 3.69. The van der Waals surface area contributed by atoms with Gasteiger partial charge in [0, 0.05) is 37.4 Å². The smallest absolute Gasteiger partial charge is 0.252 e. The Morgan fingerprint density at radius 3 is 2.76 bits per heavy atom. The summed E-state index contributed by atoms with van der Waals surface area (Å²) in [5.74, 6) is 0. The minimum Gasteiger partial charge on any atom is -0.394 e. The SMILES string of the molecule is Cn1c(=O)cc(NC2(CO)CCOCC2)c2ccccc21. The van der Waals surface area contributed by atoms with Gasteiger partial charge in [0.2, 0.25) is 0 Å². The topological polar surface area (TPSA) is 63.5 Å². The molecule has 0 saturated carbocycles. The maximum absolute atomic E-state index is 12.1. The molecule has 112 valence electrons. The van der Waals surface area contributed by atoms with Gasteiger partial charge in [0.05, 0.1) is 17.7 Å². The first-order valence-electron chi connectivity index (χ1n) is 7.21. The summed E-state index contributed by atoms with van der Waals surface area (Å²) in [4.78, 5) is 12.1. The van der Waals surface area contributed by atoms with Crippen molar-refractivity contribution in [3.8, 4) is 0 Å². The third-order valence-electron chi connectivity index (χ3n) is 4.31. The third kappa shape index (κ3) is 2.54. The maximum atomic E-state index is 12.1. The Morgan fingerprint density at radius 2 is 2.05 bits per heavy atom. The van der Waals surface area contributed by atoms with E-state index in [9.17, 15) is 9.90 Å². The van der Waals surface area contributed by atoms with Crippen molar-refractivity contribution < 1.29 is 9.84 Å². The zero-order valence-electron chi connectivity index (χ0n) is 12.1. The summed E-state index contributed by atoms with van der Waals surface area (Å²) in [5.41, 5.74) is 1.20. The van der Waals surface area contributed by atoms with Crippen molar-refractivity contribution >= 4 is 16.6 Å². The van der Waals surface area contributed by atoms with E-state index in [0.29, 0.717) is 13.2 Å². The van der Waals surface area contributed by atoms with Crippen LogP contribution in [0.1, 0.15) is 12.8 Å². The van der Waals surface area contributed by atoms with Crippen LogP contribution in [0.5, 0.6) is 0 Å². The number of aliphatic hydroxyl groups excluding tert-OH is 1. The highest BCUT2D eigenvalue weighted by Gasteiger charge is 2.32. The highest BCUT2D eigenvalue weighted by molar-refractivity contribution is 5.91. The highest BCUT2D eigenvalue weighted by atomic mass is 16.5. The van der Waals surface area contributed by atoms with E-state index in [1.165, 1.54) is 0 Å². The second kappa shape index (κ2) is 5.50. The van der Waals surface area contributed by atoms with Gasteiger partial charge in [-0.3, -0.25) is 4.79 Å². The van der Waals surface area contributed by atoms with E-state index in [1.807, 2.05) is 24.3 Å². The maximum Gasteiger partial charge on any atom is 0.252 e. The average Bonchev–Trinajstić information content (AvgIpc) is 2.53. The number of fused-ring (bicyclic) bond motifs is 1. The van der Waals surface area contributed by atoms with Crippen molar-refractivity contribution in [2.45, 2.75) is 18.4 Å². The van der Waals surface area contributed by atoms with E-state index in [4.69, 9.17) is 4.74 Å². The Morgan fingerprint density at radius 1 is 1.33 bits per heavy atom. The number of aromatic nitrogens is 1. The van der Waals surface area contributed by atoms with E-state index in [1.54, 1.807) is 17.7 Å². The van der Waals surface area contributed by atoms with Gasteiger partial charge in [-0.25, -0.2) is 0 Å². The van der Waals surface area contributed by atoms with Gasteiger partial charge < -0.3 is 19.7 Å². The number of hydrogen-bond acceptors (Lipinski definition) is 4. The van der Waals surface area contributed by atoms with Crippen LogP contribution in [0.3, 0.4) is 0 Å². The normalized spacial score (nSPS) is 17.8. The molecular weight excluding hydrogens is 268 g/mol. The van der Waals surface area contributed by atoms with Crippen molar-refractivity contribution in [3.05, 3.63) is 40.7 Å². The lowest BCUT2D eigenvalue weighted by molar-refractivity contribution is 0.0380. The van der Waals surface area contributed by atoms with Crippen molar-refractivity contribution in [3.63, 3.8) is 0 Å². The molecular formula is C16H20N2O3. The van der Waals surface area contributed by atoms with Crippen LogP contribution in [-0.2, 0) is 11.8 Å². The van der Waals surface area contributed by atoms with E-state index in [0.717, 1.165) is 29.4 Å². The van der Waals surface area contributed by atoms with Gasteiger partial charge in [0.25, 0.3) is 5.56 Å². The van der Waals surface area contributed by atoms with Gasteiger partial charge in [-0.1, -0.05) is 18.2 Å². The Labute approximate surface area is 123 Å². The number of ether oxygens (including phenoxy) is 1. The standard InChI is InChI=1S/C16H20N2O3/c1-18-14-5-3-2-4-12(14)13(10-15(18)20)17-16(11-19)6-8-21-9-7-16/h2-5,10,17,19H,6-9,11H2,1H3. The first kappa shape index (κ1) is 14.1. The molecule has 1 aliphatic rings. The number of benzene rings is 1. The molecule has 0 bridgehead atoms. The van der Waals surface area contributed by atoms with E-state index >= 15 is 0 Å². The lowest BCUT2D eigenvalue weighted by Crippen LogP contribution is -2.47. The number of rotatable bonds is 3. The van der Waals surface area contributed by atoms with Gasteiger partial charge in [0.15, 0.2) is 0 Å². The number of nitrogens with one attached hydrogen (secondary N) is 1. The summed E-state index contributed by atoms with van der Waals surface area (Å²) in [7, 11) is 1.77. The fraction of sp³-hybridized carbons (Fsp3) is 0.438. The summed E-state index contributed by atoms with van der Waals surface area (Å²) in [6.45, 7) is 1.27. The zero-order valence-corrected chi connectivity index (χ0v) is 12.1. The number of anilines is 1. The predicted octanol–water partition coefficient (Wildman–Crippen LogP) is 1.49. The quantitative estimate of drug-likeness (QED) is 0.898.